The first kappa shape index (κ1) is 22.2. The predicted molar refractivity (Wildman–Crippen MR) is 97.0 cm³/mol. The van der Waals surface area contributed by atoms with Crippen molar-refractivity contribution >= 4 is 11.4 Å². The van der Waals surface area contributed by atoms with E-state index in [0.29, 0.717) is 4.48 Å². The van der Waals surface area contributed by atoms with Gasteiger partial charge in [0.15, 0.2) is 6.67 Å². The Balaban J connectivity index is 0.00000261. The maximum atomic E-state index is 12.4. The predicted octanol–water partition coefficient (Wildman–Crippen LogP) is 4.82. The monoisotopic (exact) mass is 453 g/mol. The van der Waals surface area contributed by atoms with E-state index in [1.807, 2.05) is 24.3 Å². The maximum Gasteiger partial charge on any atom is 0.573 e. The molecule has 1 radical (unpaired) electrons. The van der Waals surface area contributed by atoms with Crippen molar-refractivity contribution in [3.63, 3.8) is 0 Å². The molecule has 0 saturated carbocycles. The van der Waals surface area contributed by atoms with Gasteiger partial charge >= 0.3 is 6.36 Å². The first-order chi connectivity index (χ1) is 12.1. The third-order valence-electron chi connectivity index (χ3n) is 4.64. The molecule has 7 heteroatoms. The van der Waals surface area contributed by atoms with E-state index in [1.165, 1.54) is 12.1 Å². The fourth-order valence-corrected chi connectivity index (χ4v) is 3.93. The molecule has 0 aliphatic carbocycles. The molecule has 3 rings (SSSR count). The van der Waals surface area contributed by atoms with Gasteiger partial charge in [0.2, 0.25) is 0 Å². The molecule has 1 saturated heterocycles. The van der Waals surface area contributed by atoms with Crippen molar-refractivity contribution in [3.05, 3.63) is 54.6 Å². The Morgan fingerprint density at radius 2 is 1.67 bits per heavy atom. The van der Waals surface area contributed by atoms with Crippen LogP contribution in [-0.2, 0) is 32.7 Å². The van der Waals surface area contributed by atoms with E-state index >= 15 is 0 Å². The van der Waals surface area contributed by atoms with Gasteiger partial charge in [-0.25, -0.2) is 0 Å². The summed E-state index contributed by atoms with van der Waals surface area (Å²) in [6.45, 7) is 6.98. The molecular weight excluding hydrogens is 430 g/mol. The minimum Gasteiger partial charge on any atom is -0.406 e. The Morgan fingerprint density at radius 3 is 2.22 bits per heavy atom. The van der Waals surface area contributed by atoms with Gasteiger partial charge in [-0.15, -0.1) is 25.3 Å². The number of alkyl halides is 3. The molecule has 1 heterocycles. The molecule has 2 aromatic carbocycles. The number of hydrogen-bond acceptors (Lipinski definition) is 2. The molecule has 143 valence electrons. The third-order valence-corrected chi connectivity index (χ3v) is 4.64. The number of halogens is 3. The number of hydrogen-bond donors (Lipinski definition) is 0. The molecule has 1 fully saturated rings. The van der Waals surface area contributed by atoms with Gasteiger partial charge in [-0.1, -0.05) is 19.5 Å². The van der Waals surface area contributed by atoms with Crippen LogP contribution in [-0.4, -0.2) is 33.2 Å². The zero-order valence-electron chi connectivity index (χ0n) is 15.8. The fourth-order valence-electron chi connectivity index (χ4n) is 3.93. The van der Waals surface area contributed by atoms with E-state index in [-0.39, 0.29) is 43.9 Å². The smallest absolute Gasteiger partial charge is 0.406 e. The topological polar surface area (TPSA) is 12.5 Å². The second-order valence-corrected chi connectivity index (χ2v) is 7.86. The molecule has 2 aromatic rings. The molecule has 1 unspecified atom stereocenters. The summed E-state index contributed by atoms with van der Waals surface area (Å²) in [4.78, 5) is 2.32. The third kappa shape index (κ3) is 5.69. The summed E-state index contributed by atoms with van der Waals surface area (Å²) >= 11 is 0. The van der Waals surface area contributed by atoms with Crippen molar-refractivity contribution in [1.82, 2.24) is 4.48 Å². The fraction of sp³-hybridized carbons (Fsp3) is 0.400. The van der Waals surface area contributed by atoms with Gasteiger partial charge in [0.05, 0.1) is 13.6 Å². The van der Waals surface area contributed by atoms with E-state index in [9.17, 15) is 13.2 Å². The van der Waals surface area contributed by atoms with Crippen LogP contribution in [0.2, 0.25) is 0 Å². The summed E-state index contributed by atoms with van der Waals surface area (Å²) in [6.07, 6.45) is -4.67. The van der Waals surface area contributed by atoms with Crippen molar-refractivity contribution in [2.45, 2.75) is 20.2 Å². The first-order valence-corrected chi connectivity index (χ1v) is 8.48. The van der Waals surface area contributed by atoms with E-state index in [1.54, 1.807) is 12.1 Å². The van der Waals surface area contributed by atoms with Crippen molar-refractivity contribution in [2.75, 3.05) is 31.7 Å². The summed E-state index contributed by atoms with van der Waals surface area (Å²) in [5.41, 5.74) is 2.13. The molecule has 0 amide bonds. The first-order valence-electron chi connectivity index (χ1n) is 8.48. The van der Waals surface area contributed by atoms with E-state index in [4.69, 9.17) is 0 Å². The number of anilines is 1. The van der Waals surface area contributed by atoms with Crippen LogP contribution in [0.3, 0.4) is 0 Å². The molecule has 27 heavy (non-hydrogen) atoms. The number of benzene rings is 2. The zero-order chi connectivity index (χ0) is 19.0. The molecule has 0 N–H and O–H groups in total. The van der Waals surface area contributed by atoms with Crippen molar-refractivity contribution < 1.29 is 50.6 Å². The average molecular weight is 453 g/mol. The quantitative estimate of drug-likeness (QED) is 0.488. The normalized spacial score (nSPS) is 22.1. The SMILES string of the molecule is CC1(C)CN(c2cc[c-]cc2)C[N+](C)(c2ccc(OC(F)(F)F)cc2)C1.[Y]. The van der Waals surface area contributed by atoms with Crippen molar-refractivity contribution in [3.8, 4) is 5.75 Å². The standard InChI is InChI=1S/C20H23F3N2O.Y/c1-19(2)13-24(16-7-5-4-6-8-16)15-25(3,14-19)17-9-11-18(12-10-17)26-20(21,22)23;/h5-12H,13-15H2,1-3H3;. The van der Waals surface area contributed by atoms with Gasteiger partial charge in [-0.05, 0) is 12.1 Å². The molecule has 1 aliphatic rings. The van der Waals surface area contributed by atoms with E-state index in [0.717, 1.165) is 31.1 Å². The molecule has 3 nitrogen and oxygen atoms in total. The Hall–Kier alpha value is -1.11. The van der Waals surface area contributed by atoms with Crippen LogP contribution in [0.25, 0.3) is 0 Å². The van der Waals surface area contributed by atoms with Gasteiger partial charge in [-0.3, -0.25) is 4.48 Å². The minimum atomic E-state index is -4.67. The number of nitrogens with zero attached hydrogens (tertiary/aromatic N) is 2. The molecule has 1 atom stereocenters. The van der Waals surface area contributed by atoms with Crippen LogP contribution in [0.4, 0.5) is 24.5 Å². The van der Waals surface area contributed by atoms with Crippen LogP contribution in [0, 0.1) is 11.5 Å². The minimum absolute atomic E-state index is 0. The Bertz CT molecular complexity index is 750. The molecule has 0 bridgehead atoms. The van der Waals surface area contributed by atoms with Gasteiger partial charge in [0, 0.05) is 56.8 Å². The summed E-state index contributed by atoms with van der Waals surface area (Å²) in [5, 5.41) is 0. The largest absolute Gasteiger partial charge is 0.573 e. The maximum absolute atomic E-state index is 12.4. The van der Waals surface area contributed by atoms with Crippen LogP contribution in [0.5, 0.6) is 5.75 Å². The Morgan fingerprint density at radius 1 is 1.07 bits per heavy atom. The number of ether oxygens (including phenoxy) is 1. The molecular formula is C20H23F3N2OY. The number of quaternary nitrogens is 1. The molecule has 0 spiro atoms. The zero-order valence-corrected chi connectivity index (χ0v) is 18.6. The van der Waals surface area contributed by atoms with Crippen LogP contribution < -0.4 is 14.1 Å². The summed E-state index contributed by atoms with van der Waals surface area (Å²) < 4.78 is 41.7. The van der Waals surface area contributed by atoms with Crippen LogP contribution in [0.1, 0.15) is 13.8 Å². The summed E-state index contributed by atoms with van der Waals surface area (Å²) in [5.74, 6) is -0.195. The van der Waals surface area contributed by atoms with E-state index < -0.39 is 6.36 Å². The van der Waals surface area contributed by atoms with Crippen LogP contribution in [0.15, 0.2) is 48.5 Å². The summed E-state index contributed by atoms with van der Waals surface area (Å²) in [6, 6.07) is 17.1. The second-order valence-electron chi connectivity index (χ2n) is 7.86. The average Bonchev–Trinajstić information content (AvgIpc) is 2.53. The van der Waals surface area contributed by atoms with Gasteiger partial charge in [-0.2, -0.15) is 18.2 Å². The number of rotatable bonds is 3. The van der Waals surface area contributed by atoms with Gasteiger partial charge in [0.25, 0.3) is 0 Å². The van der Waals surface area contributed by atoms with E-state index in [2.05, 4.69) is 36.6 Å². The Kier molecular flexibility index (Phi) is 6.65. The Labute approximate surface area is 183 Å². The van der Waals surface area contributed by atoms with Crippen LogP contribution >= 0.6 is 0 Å². The molecule has 1 aliphatic heterocycles. The summed E-state index contributed by atoms with van der Waals surface area (Å²) in [7, 11) is 2.11. The second kappa shape index (κ2) is 8.10. The van der Waals surface area contributed by atoms with Crippen molar-refractivity contribution in [2.24, 2.45) is 5.41 Å². The van der Waals surface area contributed by atoms with Gasteiger partial charge < -0.3 is 9.64 Å². The van der Waals surface area contributed by atoms with Crippen molar-refractivity contribution in [1.29, 1.82) is 0 Å². The van der Waals surface area contributed by atoms with Gasteiger partial charge in [0.1, 0.15) is 11.4 Å². The molecule has 0 aromatic heterocycles.